The maximum atomic E-state index is 7.28. The number of benzene rings is 8. The van der Waals surface area contributed by atoms with Crippen LogP contribution in [0.2, 0.25) is 36.3 Å². The standard InChI is InChI=1S/C108H112N16O2Si2.2Co/c1-101(2,3)63-35-43-71-79(51-63)95-115-89(71)111-91-75-47-39-67(105(13,14)15)55-83(75)99(119-91)123-97-81-53-65(103(7,8)9)37-45-73(81)87(117-97)109-85-69-41-31-59(49-77(69)93(113-85)121-95)29-33-61(57-125-127(25,26)107(19,20)21)62(58-126-128(27,28)108(22,23)24)34-30-60-32-42-70-78(50-60)94-114-86(70)110-88-74-46-38-66(104(10,11)12)54-82(74)98(118-88)124-100-84-56-68(106(16,17)18)40-48-76(84)92(120-100)112-90-72-44-36-64(102(4,5)6)52-80(72)96(116-90)122-94;;/h31-32,35-56H,57-58H2,1-28H3;;/q-4;2*+2/b62-61+;;. The molecule has 0 unspecified atom stereocenters. The van der Waals surface area contributed by atoms with Gasteiger partial charge in [0.15, 0.2) is 16.6 Å². The third-order valence-electron chi connectivity index (χ3n) is 26.4. The van der Waals surface area contributed by atoms with E-state index in [1.807, 2.05) is 24.3 Å². The van der Waals surface area contributed by atoms with Gasteiger partial charge in [-0.1, -0.05) is 275 Å². The molecular weight excluding hydrogens is 1730 g/mol. The first-order chi connectivity index (χ1) is 59.8. The van der Waals surface area contributed by atoms with Crippen molar-refractivity contribution in [3.63, 3.8) is 0 Å². The molecule has 8 aromatic carbocycles. The van der Waals surface area contributed by atoms with Crippen LogP contribution in [-0.4, -0.2) is 89.7 Å². The Morgan fingerprint density at radius 2 is 0.446 bits per heavy atom. The Balaban J connectivity index is 0.00000618. The molecule has 0 atom stereocenters. The molecule has 0 fully saturated rings. The van der Waals surface area contributed by atoms with Crippen LogP contribution in [0.15, 0.2) is 157 Å². The third kappa shape index (κ3) is 17.3. The fraction of sp³-hybridized carbons (Fsp3) is 0.352. The van der Waals surface area contributed by atoms with E-state index in [1.54, 1.807) is 0 Å². The van der Waals surface area contributed by atoms with Crippen molar-refractivity contribution in [2.75, 3.05) is 13.2 Å². The molecule has 4 aliphatic heterocycles. The number of nitrogens with zero attached hydrogens (tertiary/aromatic N) is 16. The number of hydrogen-bond donors (Lipinski definition) is 0. The van der Waals surface area contributed by atoms with Crippen molar-refractivity contribution in [2.45, 2.75) is 235 Å². The average molecular weight is 1840 g/mol. The van der Waals surface area contributed by atoms with E-state index in [2.05, 4.69) is 337 Å². The van der Waals surface area contributed by atoms with Gasteiger partial charge in [0.1, 0.15) is 0 Å². The summed E-state index contributed by atoms with van der Waals surface area (Å²) in [7, 11) is -4.95. The Morgan fingerprint density at radius 1 is 0.246 bits per heavy atom. The van der Waals surface area contributed by atoms with E-state index >= 15 is 0 Å². The second-order valence-corrected chi connectivity index (χ2v) is 53.7. The molecule has 22 heteroatoms. The smallest absolute Gasteiger partial charge is 0.412 e. The molecule has 18 nitrogen and oxygen atoms in total. The van der Waals surface area contributed by atoms with E-state index < -0.39 is 16.6 Å². The molecule has 0 amide bonds. The maximum Gasteiger partial charge on any atom is 2.00 e. The first kappa shape index (κ1) is 92.0. The summed E-state index contributed by atoms with van der Waals surface area (Å²) in [6.45, 7) is 62.8. The van der Waals surface area contributed by atoms with Crippen LogP contribution in [0.25, 0.3) is 179 Å². The predicted molar refractivity (Wildman–Crippen MR) is 527 cm³/mol. The minimum Gasteiger partial charge on any atom is -0.412 e. The van der Waals surface area contributed by atoms with Crippen LogP contribution >= 0.6 is 0 Å². The zero-order valence-corrected chi connectivity index (χ0v) is 84.0. The van der Waals surface area contributed by atoms with Gasteiger partial charge in [-0.05, 0) is 206 Å². The quantitative estimate of drug-likeness (QED) is 0.111. The molecule has 6 aromatic heterocycles. The first-order valence-electron chi connectivity index (χ1n) is 44.5. The van der Waals surface area contributed by atoms with Gasteiger partial charge in [0.05, 0.1) is 59.8 Å². The predicted octanol–water partition coefficient (Wildman–Crippen LogP) is 25.1. The van der Waals surface area contributed by atoms with Crippen molar-refractivity contribution in [2.24, 2.45) is 0 Å². The maximum absolute atomic E-state index is 7.28. The van der Waals surface area contributed by atoms with E-state index in [4.69, 9.17) is 88.6 Å². The first-order valence-corrected chi connectivity index (χ1v) is 50.3. The van der Waals surface area contributed by atoms with Gasteiger partial charge in [0.25, 0.3) is 0 Å². The monoisotopic (exact) mass is 1840 g/mol. The normalized spacial score (nSPS) is 13.4. The molecule has 0 saturated heterocycles. The number of fused-ring (bicyclic) bond motifs is 40. The molecule has 0 N–H and O–H groups in total. The zero-order chi connectivity index (χ0) is 91.2. The summed E-state index contributed by atoms with van der Waals surface area (Å²) in [5, 5.41) is 6.39. The summed E-state index contributed by atoms with van der Waals surface area (Å²) >= 11 is 0. The molecule has 0 saturated carbocycles. The molecule has 2 radical (unpaired) electrons. The molecule has 18 rings (SSSR count). The molecular formula is C108H112Co2N16O2Si2. The topological polar surface area (TPSA) is 230 Å². The molecule has 0 aliphatic carbocycles. The molecule has 662 valence electrons. The van der Waals surface area contributed by atoms with Crippen molar-refractivity contribution in [1.29, 1.82) is 0 Å². The zero-order valence-electron chi connectivity index (χ0n) is 79.9. The molecule has 16 bridgehead atoms. The van der Waals surface area contributed by atoms with Gasteiger partial charge >= 0.3 is 33.6 Å². The second kappa shape index (κ2) is 32.3. The summed E-state index contributed by atoms with van der Waals surface area (Å²) in [5.41, 5.74) is 18.7. The number of rotatable bonds is 6. The van der Waals surface area contributed by atoms with E-state index in [1.165, 1.54) is 0 Å². The summed E-state index contributed by atoms with van der Waals surface area (Å²) in [6.07, 6.45) is 0. The van der Waals surface area contributed by atoms with Crippen LogP contribution in [-0.2, 0) is 74.9 Å². The Kier molecular flexibility index (Phi) is 22.9. The van der Waals surface area contributed by atoms with Gasteiger partial charge in [-0.2, -0.15) is 0 Å². The minimum atomic E-state index is -2.48. The van der Waals surface area contributed by atoms with E-state index in [-0.39, 0.29) is 89.3 Å². The van der Waals surface area contributed by atoms with Crippen molar-refractivity contribution in [3.8, 4) is 115 Å². The van der Waals surface area contributed by atoms with Crippen LogP contribution in [0.1, 0.15) is 211 Å². The van der Waals surface area contributed by atoms with E-state index in [0.717, 1.165) is 121 Å². The molecule has 10 heterocycles. The fourth-order valence-corrected chi connectivity index (χ4v) is 17.8. The summed E-state index contributed by atoms with van der Waals surface area (Å²) in [6, 6.07) is 51.0. The van der Waals surface area contributed by atoms with Gasteiger partial charge in [0.2, 0.25) is 0 Å². The van der Waals surface area contributed by atoms with Crippen LogP contribution in [0.4, 0.5) is 0 Å². The summed E-state index contributed by atoms with van der Waals surface area (Å²) in [5.74, 6) is 18.5. The third-order valence-corrected chi connectivity index (χ3v) is 35.4. The van der Waals surface area contributed by atoms with Gasteiger partial charge in [0, 0.05) is 112 Å². The van der Waals surface area contributed by atoms with Gasteiger partial charge in [-0.15, -0.1) is 0 Å². The molecule has 130 heavy (non-hydrogen) atoms. The Bertz CT molecular complexity index is 7170. The van der Waals surface area contributed by atoms with Crippen molar-refractivity contribution in [3.05, 3.63) is 201 Å². The van der Waals surface area contributed by atoms with Crippen LogP contribution < -0.4 is 19.9 Å². The largest absolute Gasteiger partial charge is 2.00 e. The Labute approximate surface area is 785 Å². The van der Waals surface area contributed by atoms with Gasteiger partial charge in [-0.25, -0.2) is 19.9 Å². The number of hydrogen-bond acceptors (Lipinski definition) is 14. The summed E-state index contributed by atoms with van der Waals surface area (Å²) in [4.78, 5) is 86.3. The van der Waals surface area contributed by atoms with E-state index in [0.29, 0.717) is 114 Å². The molecule has 4 aliphatic rings. The van der Waals surface area contributed by atoms with E-state index in [9.17, 15) is 0 Å². The fourth-order valence-electron chi connectivity index (χ4n) is 15.9. The van der Waals surface area contributed by atoms with Crippen LogP contribution in [0.3, 0.4) is 0 Å². The average Bonchev–Trinajstić information content (AvgIpc) is 1.59. The van der Waals surface area contributed by atoms with Crippen LogP contribution in [0, 0.1) is 23.7 Å². The number of aromatic nitrogens is 16. The van der Waals surface area contributed by atoms with Gasteiger partial charge in [-0.3, -0.25) is 0 Å². The SMILES string of the molecule is CC(C)(C)c1ccc2c(c1)-c1nc-2nc2[n-]c(nc3nc(nc4[n-]c(n1)c1cc(C(C)(C)C)ccc41)-c1ccc(C#C/C(CO[Si](C)(C)C(C)(C)C)=C(/C#Cc4ccc5c(c4)-c4nc-5nc5[n-]c(nc6nc(nc7[n-]c(n4)c4cc(C(C)(C)C)ccc74)-c4ccc(C(C)(C)C)cc4-6)c4cc(C(C)(C)C)ccc54)CO[Si](C)(C)C(C)(C)C)cc1-3)c1cc(C(C)(C)C)ccc21.[Co+2].[Co+2]. The molecule has 0 spiro atoms. The minimum absolute atomic E-state index is 0. The van der Waals surface area contributed by atoms with Gasteiger partial charge < -0.3 is 68.7 Å². The Morgan fingerprint density at radius 3 is 0.677 bits per heavy atom. The van der Waals surface area contributed by atoms with Crippen molar-refractivity contribution >= 4 is 105 Å². The Hall–Kier alpha value is -11.3. The van der Waals surface area contributed by atoms with Crippen LogP contribution in [0.5, 0.6) is 0 Å². The molecule has 14 aromatic rings. The second-order valence-electron chi connectivity index (χ2n) is 44.1. The van der Waals surface area contributed by atoms with Crippen molar-refractivity contribution < 1.29 is 42.4 Å². The van der Waals surface area contributed by atoms with Crippen molar-refractivity contribution in [1.82, 2.24) is 79.7 Å². The summed E-state index contributed by atoms with van der Waals surface area (Å²) < 4.78 is 14.6.